The Hall–Kier alpha value is -1.59. The van der Waals surface area contributed by atoms with Crippen LogP contribution in [0.25, 0.3) is 0 Å². The van der Waals surface area contributed by atoms with Crippen molar-refractivity contribution in [2.45, 2.75) is 52.6 Å². The Balaban J connectivity index is 1.32. The standard InChI is InChI=1S/C24H38N4O/c1-3-25-23(28-14-10-24(18-28)11-15-29-19-24)26-16-21-4-6-22(7-5-21)17-27-12-8-20(2)9-13-27/h4-7,20H,3,8-19H2,1-2H3,(H,25,26). The van der Waals surface area contributed by atoms with Gasteiger partial charge < -0.3 is 15.0 Å². The predicted octanol–water partition coefficient (Wildman–Crippen LogP) is 3.50. The smallest absolute Gasteiger partial charge is 0.194 e. The summed E-state index contributed by atoms with van der Waals surface area (Å²) in [5, 5.41) is 3.50. The molecular weight excluding hydrogens is 360 g/mol. The van der Waals surface area contributed by atoms with Gasteiger partial charge in [0, 0.05) is 38.2 Å². The fourth-order valence-corrected chi connectivity index (χ4v) is 4.91. The Labute approximate surface area is 176 Å². The van der Waals surface area contributed by atoms with Crippen molar-refractivity contribution in [3.63, 3.8) is 0 Å². The molecule has 1 aromatic carbocycles. The van der Waals surface area contributed by atoms with E-state index in [1.807, 2.05) is 0 Å². The monoisotopic (exact) mass is 398 g/mol. The lowest BCUT2D eigenvalue weighted by molar-refractivity contribution is 0.156. The van der Waals surface area contributed by atoms with Crippen LogP contribution in [0.15, 0.2) is 29.3 Å². The Bertz CT molecular complexity index is 673. The number of aliphatic imine (C=N–C) groups is 1. The van der Waals surface area contributed by atoms with Gasteiger partial charge >= 0.3 is 0 Å². The van der Waals surface area contributed by atoms with E-state index in [1.165, 1.54) is 49.9 Å². The van der Waals surface area contributed by atoms with E-state index in [0.717, 1.165) is 57.8 Å². The molecule has 0 bridgehead atoms. The highest BCUT2D eigenvalue weighted by atomic mass is 16.5. The third kappa shape index (κ3) is 5.32. The lowest BCUT2D eigenvalue weighted by atomic mass is 9.87. The first-order chi connectivity index (χ1) is 14.2. The molecule has 0 saturated carbocycles. The van der Waals surface area contributed by atoms with Gasteiger partial charge in [-0.3, -0.25) is 4.90 Å². The molecular formula is C24H38N4O. The van der Waals surface area contributed by atoms with Gasteiger partial charge in [-0.05, 0) is 62.7 Å². The summed E-state index contributed by atoms with van der Waals surface area (Å²) in [6.45, 7) is 13.7. The Morgan fingerprint density at radius 2 is 1.90 bits per heavy atom. The molecule has 3 fully saturated rings. The average molecular weight is 399 g/mol. The topological polar surface area (TPSA) is 40.1 Å². The minimum absolute atomic E-state index is 0.365. The Morgan fingerprint density at radius 3 is 2.59 bits per heavy atom. The largest absolute Gasteiger partial charge is 0.381 e. The molecule has 3 saturated heterocycles. The molecule has 5 nitrogen and oxygen atoms in total. The maximum absolute atomic E-state index is 5.68. The van der Waals surface area contributed by atoms with E-state index in [0.29, 0.717) is 5.41 Å². The molecule has 29 heavy (non-hydrogen) atoms. The average Bonchev–Trinajstić information content (AvgIpc) is 3.38. The van der Waals surface area contributed by atoms with Crippen molar-refractivity contribution in [1.82, 2.24) is 15.1 Å². The molecule has 4 rings (SSSR count). The quantitative estimate of drug-likeness (QED) is 0.609. The van der Waals surface area contributed by atoms with Gasteiger partial charge in [0.05, 0.1) is 13.2 Å². The van der Waals surface area contributed by atoms with Gasteiger partial charge in [-0.2, -0.15) is 0 Å². The van der Waals surface area contributed by atoms with E-state index >= 15 is 0 Å². The summed E-state index contributed by atoms with van der Waals surface area (Å²) in [5.41, 5.74) is 3.07. The second-order valence-electron chi connectivity index (χ2n) is 9.42. The zero-order valence-electron chi connectivity index (χ0n) is 18.3. The maximum atomic E-state index is 5.68. The molecule has 1 unspecified atom stereocenters. The summed E-state index contributed by atoms with van der Waals surface area (Å²) in [7, 11) is 0. The number of ether oxygens (including phenoxy) is 1. The molecule has 5 heteroatoms. The van der Waals surface area contributed by atoms with Gasteiger partial charge in [0.25, 0.3) is 0 Å². The Morgan fingerprint density at radius 1 is 1.14 bits per heavy atom. The predicted molar refractivity (Wildman–Crippen MR) is 119 cm³/mol. The summed E-state index contributed by atoms with van der Waals surface area (Å²) in [6.07, 6.45) is 5.09. The van der Waals surface area contributed by atoms with Crippen molar-refractivity contribution >= 4 is 5.96 Å². The molecule has 3 heterocycles. The number of guanidine groups is 1. The summed E-state index contributed by atoms with van der Waals surface area (Å²) in [6, 6.07) is 9.09. The van der Waals surface area contributed by atoms with Crippen LogP contribution in [0, 0.1) is 11.3 Å². The molecule has 1 N–H and O–H groups in total. The zero-order valence-corrected chi connectivity index (χ0v) is 18.3. The van der Waals surface area contributed by atoms with E-state index in [4.69, 9.17) is 9.73 Å². The van der Waals surface area contributed by atoms with Crippen molar-refractivity contribution < 1.29 is 4.74 Å². The molecule has 0 aliphatic carbocycles. The van der Waals surface area contributed by atoms with Crippen molar-refractivity contribution in [3.8, 4) is 0 Å². The van der Waals surface area contributed by atoms with E-state index < -0.39 is 0 Å². The third-order valence-electron chi connectivity index (χ3n) is 6.97. The molecule has 3 aliphatic rings. The number of rotatable bonds is 5. The van der Waals surface area contributed by atoms with Crippen molar-refractivity contribution in [2.75, 3.05) is 45.9 Å². The first kappa shape index (κ1) is 20.7. The molecule has 1 aromatic rings. The second-order valence-corrected chi connectivity index (χ2v) is 9.42. The third-order valence-corrected chi connectivity index (χ3v) is 6.97. The fourth-order valence-electron chi connectivity index (χ4n) is 4.91. The molecule has 0 amide bonds. The summed E-state index contributed by atoms with van der Waals surface area (Å²) in [5.74, 6) is 1.95. The summed E-state index contributed by atoms with van der Waals surface area (Å²) >= 11 is 0. The van der Waals surface area contributed by atoms with Crippen molar-refractivity contribution in [1.29, 1.82) is 0 Å². The highest BCUT2D eigenvalue weighted by Crippen LogP contribution is 2.38. The van der Waals surface area contributed by atoms with Crippen LogP contribution in [-0.4, -0.2) is 61.7 Å². The SMILES string of the molecule is CCNC(=NCc1ccc(CN2CCC(C)CC2)cc1)N1CCC2(CCOC2)C1. The highest BCUT2D eigenvalue weighted by Gasteiger charge is 2.42. The van der Waals surface area contributed by atoms with Crippen LogP contribution in [0.3, 0.4) is 0 Å². The van der Waals surface area contributed by atoms with Gasteiger partial charge in [-0.1, -0.05) is 31.2 Å². The first-order valence-corrected chi connectivity index (χ1v) is 11.6. The van der Waals surface area contributed by atoms with Crippen molar-refractivity contribution in [2.24, 2.45) is 16.3 Å². The Kier molecular flexibility index (Phi) is 6.76. The number of hydrogen-bond acceptors (Lipinski definition) is 3. The van der Waals surface area contributed by atoms with Gasteiger partial charge in [-0.25, -0.2) is 4.99 Å². The molecule has 1 spiro atoms. The number of likely N-dealkylation sites (tertiary alicyclic amines) is 2. The normalized spacial score (nSPS) is 26.6. The van der Waals surface area contributed by atoms with E-state index in [1.54, 1.807) is 0 Å². The summed E-state index contributed by atoms with van der Waals surface area (Å²) < 4.78 is 5.68. The minimum Gasteiger partial charge on any atom is -0.381 e. The van der Waals surface area contributed by atoms with Crippen molar-refractivity contribution in [3.05, 3.63) is 35.4 Å². The van der Waals surface area contributed by atoms with Gasteiger partial charge in [0.15, 0.2) is 5.96 Å². The lowest BCUT2D eigenvalue weighted by Gasteiger charge is -2.30. The van der Waals surface area contributed by atoms with Crippen LogP contribution in [-0.2, 0) is 17.8 Å². The van der Waals surface area contributed by atoms with Crippen LogP contribution in [0.4, 0.5) is 0 Å². The van der Waals surface area contributed by atoms with Crippen LogP contribution in [0.5, 0.6) is 0 Å². The number of nitrogens with one attached hydrogen (secondary N) is 1. The second kappa shape index (κ2) is 9.48. The minimum atomic E-state index is 0.365. The van der Waals surface area contributed by atoms with Crippen LogP contribution >= 0.6 is 0 Å². The number of piperidine rings is 1. The molecule has 160 valence electrons. The number of nitrogens with zero attached hydrogens (tertiary/aromatic N) is 3. The maximum Gasteiger partial charge on any atom is 0.194 e. The van der Waals surface area contributed by atoms with E-state index in [-0.39, 0.29) is 0 Å². The molecule has 0 aromatic heterocycles. The van der Waals surface area contributed by atoms with E-state index in [9.17, 15) is 0 Å². The molecule has 1 atom stereocenters. The van der Waals surface area contributed by atoms with E-state index in [2.05, 4.69) is 53.2 Å². The first-order valence-electron chi connectivity index (χ1n) is 11.6. The lowest BCUT2D eigenvalue weighted by Crippen LogP contribution is -2.41. The zero-order chi connectivity index (χ0) is 20.1. The number of benzene rings is 1. The van der Waals surface area contributed by atoms with Gasteiger partial charge in [-0.15, -0.1) is 0 Å². The van der Waals surface area contributed by atoms with Gasteiger partial charge in [0.1, 0.15) is 0 Å². The fraction of sp³-hybridized carbons (Fsp3) is 0.708. The van der Waals surface area contributed by atoms with Gasteiger partial charge in [0.2, 0.25) is 0 Å². The number of hydrogen-bond donors (Lipinski definition) is 1. The van der Waals surface area contributed by atoms with Crippen LogP contribution in [0.1, 0.15) is 50.7 Å². The van der Waals surface area contributed by atoms with Crippen LogP contribution < -0.4 is 5.32 Å². The van der Waals surface area contributed by atoms with Crippen LogP contribution in [0.2, 0.25) is 0 Å². The molecule has 3 aliphatic heterocycles. The summed E-state index contributed by atoms with van der Waals surface area (Å²) in [4.78, 5) is 9.98. The molecule has 0 radical (unpaired) electrons. The highest BCUT2D eigenvalue weighted by molar-refractivity contribution is 5.80.